The van der Waals surface area contributed by atoms with Gasteiger partial charge in [-0.05, 0) is 25.5 Å². The Morgan fingerprint density at radius 2 is 1.83 bits per heavy atom. The molecule has 6 nitrogen and oxygen atoms in total. The van der Waals surface area contributed by atoms with Crippen LogP contribution in [-0.4, -0.2) is 25.0 Å². The molecule has 0 spiro atoms. The van der Waals surface area contributed by atoms with Gasteiger partial charge < -0.3 is 9.47 Å². The molecule has 1 fully saturated rings. The number of benzene rings is 1. The van der Waals surface area contributed by atoms with Gasteiger partial charge in [0.25, 0.3) is 5.84 Å². The normalized spacial score (nSPS) is 32.4. The molecule has 1 aliphatic carbocycles. The van der Waals surface area contributed by atoms with Gasteiger partial charge in [-0.2, -0.15) is 10.5 Å². The predicted molar refractivity (Wildman–Crippen MR) is 89.1 cm³/mol. The van der Waals surface area contributed by atoms with Gasteiger partial charge in [0.05, 0.1) is 25.4 Å². The summed E-state index contributed by atoms with van der Waals surface area (Å²) in [6.07, 6.45) is 0. The van der Waals surface area contributed by atoms with Crippen molar-refractivity contribution < 1.29 is 14.5 Å². The van der Waals surface area contributed by atoms with Crippen LogP contribution in [0.2, 0.25) is 0 Å². The number of rotatable bonds is 5. The fraction of sp³-hybridized carbons (Fsp3) is 0.471. The molecule has 0 saturated heterocycles. The number of nitriles is 2. The molecule has 3 atom stereocenters. The van der Waals surface area contributed by atoms with E-state index in [2.05, 4.69) is 33.1 Å². The van der Waals surface area contributed by atoms with Crippen molar-refractivity contribution in [1.82, 2.24) is 0 Å². The topological polar surface area (TPSA) is 106 Å². The number of amidine groups is 1. The third kappa shape index (κ3) is 1.67. The highest BCUT2D eigenvalue weighted by Gasteiger charge is 2.97. The predicted octanol–water partition coefficient (Wildman–Crippen LogP) is 0.744. The first kappa shape index (κ1) is 16.9. The average molecular weight is 390 g/mol. The van der Waals surface area contributed by atoms with E-state index in [0.717, 1.165) is 10.0 Å². The molecule has 124 valence electrons. The first-order valence-corrected chi connectivity index (χ1v) is 8.56. The van der Waals surface area contributed by atoms with E-state index in [9.17, 15) is 10.5 Å². The number of nitrogens with two attached hydrogens (primary N) is 1. The lowest BCUT2D eigenvalue weighted by atomic mass is 9.93. The fourth-order valence-electron chi connectivity index (χ4n) is 4.03. The molecule has 0 unspecified atom stereocenters. The molecule has 3 rings (SSSR count). The standard InChI is InChI=1S/C17H17BrN4O2/c1-3-23-17(24-4-2)16(10-20)13(11-7-5-6-8-12(11)18)15(16,9-19)14(21)22-17/h5-8,13H,3-4H2,1-2H3,(H2,21,22)/p+1/t13-,15+,16+/m0/s1. The second kappa shape index (κ2) is 5.56. The molecule has 1 heterocycles. The third-order valence-corrected chi connectivity index (χ3v) is 5.63. The minimum absolute atomic E-state index is 0.217. The summed E-state index contributed by atoms with van der Waals surface area (Å²) in [5.74, 6) is -1.67. The highest BCUT2D eigenvalue weighted by Crippen LogP contribution is 2.79. The highest BCUT2D eigenvalue weighted by molar-refractivity contribution is 9.10. The van der Waals surface area contributed by atoms with Gasteiger partial charge in [0, 0.05) is 10.4 Å². The van der Waals surface area contributed by atoms with Crippen molar-refractivity contribution in [1.29, 1.82) is 10.5 Å². The maximum atomic E-state index is 10.1. The van der Waals surface area contributed by atoms with Crippen LogP contribution in [0.3, 0.4) is 0 Å². The van der Waals surface area contributed by atoms with Crippen molar-refractivity contribution in [2.75, 3.05) is 13.2 Å². The number of ether oxygens (including phenoxy) is 2. The lowest BCUT2D eigenvalue weighted by molar-refractivity contribution is -0.693. The van der Waals surface area contributed by atoms with Crippen molar-refractivity contribution in [2.45, 2.75) is 25.7 Å². The molecule has 1 aromatic carbocycles. The molecule has 0 bridgehead atoms. The van der Waals surface area contributed by atoms with Crippen LogP contribution in [0.15, 0.2) is 28.7 Å². The quantitative estimate of drug-likeness (QED) is 0.722. The Bertz CT molecular complexity index is 791. The smallest absolute Gasteiger partial charge is 0.314 e. The molecule has 0 radical (unpaired) electrons. The average Bonchev–Trinajstić information content (AvgIpc) is 3.14. The SMILES string of the molecule is CCOC1(OCC)[NH+]=C(N)[C@@]2(C#N)[C@H](c3ccccc3Br)[C@@]12C#N. The summed E-state index contributed by atoms with van der Waals surface area (Å²) in [5, 5.41) is 20.1. The second-order valence-corrected chi connectivity index (χ2v) is 6.67. The van der Waals surface area contributed by atoms with Gasteiger partial charge in [-0.3, -0.25) is 5.73 Å². The maximum Gasteiger partial charge on any atom is 0.343 e. The van der Waals surface area contributed by atoms with E-state index in [1.54, 1.807) is 0 Å². The summed E-state index contributed by atoms with van der Waals surface area (Å²) in [6, 6.07) is 12.1. The zero-order valence-electron chi connectivity index (χ0n) is 13.5. The minimum atomic E-state index is -1.44. The molecular formula is C17H18BrN4O2+. The number of nitrogens with zero attached hydrogens (tertiary/aromatic N) is 2. The van der Waals surface area contributed by atoms with Crippen molar-refractivity contribution in [2.24, 2.45) is 16.6 Å². The number of nitrogens with one attached hydrogen (secondary N) is 1. The lowest BCUT2D eigenvalue weighted by Crippen LogP contribution is -2.91. The minimum Gasteiger partial charge on any atom is -0.314 e. The van der Waals surface area contributed by atoms with Gasteiger partial charge in [-0.15, -0.1) is 0 Å². The van der Waals surface area contributed by atoms with Crippen LogP contribution in [0.4, 0.5) is 0 Å². The molecular weight excluding hydrogens is 372 g/mol. The van der Waals surface area contributed by atoms with E-state index in [-0.39, 0.29) is 5.84 Å². The molecule has 3 N–H and O–H groups in total. The van der Waals surface area contributed by atoms with Crippen molar-refractivity contribution in [3.05, 3.63) is 34.3 Å². The monoisotopic (exact) mass is 389 g/mol. The summed E-state index contributed by atoms with van der Waals surface area (Å²) in [7, 11) is 0. The highest BCUT2D eigenvalue weighted by atomic mass is 79.9. The van der Waals surface area contributed by atoms with E-state index in [1.165, 1.54) is 0 Å². The zero-order valence-corrected chi connectivity index (χ0v) is 15.1. The summed E-state index contributed by atoms with van der Waals surface area (Å²) in [6.45, 7) is 4.25. The zero-order chi connectivity index (χ0) is 17.6. The molecule has 2 aliphatic rings. The Hall–Kier alpha value is -1.93. The van der Waals surface area contributed by atoms with Crippen molar-refractivity contribution >= 4 is 21.8 Å². The summed E-state index contributed by atoms with van der Waals surface area (Å²) < 4.78 is 12.5. The Morgan fingerprint density at radius 1 is 1.21 bits per heavy atom. The van der Waals surface area contributed by atoms with Crippen LogP contribution in [-0.2, 0) is 9.47 Å². The second-order valence-electron chi connectivity index (χ2n) is 5.82. The lowest BCUT2D eigenvalue weighted by Gasteiger charge is -2.29. The van der Waals surface area contributed by atoms with E-state index in [1.807, 2.05) is 38.1 Å². The number of hydrogen-bond acceptors (Lipinski definition) is 5. The fourth-order valence-corrected chi connectivity index (χ4v) is 4.54. The van der Waals surface area contributed by atoms with Gasteiger partial charge in [0.15, 0.2) is 10.8 Å². The van der Waals surface area contributed by atoms with Crippen molar-refractivity contribution in [3.8, 4) is 12.1 Å². The molecule has 0 aromatic heterocycles. The maximum absolute atomic E-state index is 10.1. The number of hydrogen-bond donors (Lipinski definition) is 2. The number of fused-ring (bicyclic) bond motifs is 1. The van der Waals surface area contributed by atoms with E-state index < -0.39 is 22.7 Å². The first-order valence-electron chi connectivity index (χ1n) is 7.77. The van der Waals surface area contributed by atoms with Gasteiger partial charge in [0.2, 0.25) is 0 Å². The summed E-state index contributed by atoms with van der Waals surface area (Å²) in [4.78, 5) is 2.96. The molecule has 7 heteroatoms. The van der Waals surface area contributed by atoms with Gasteiger partial charge >= 0.3 is 5.91 Å². The Balaban J connectivity index is 2.25. The number of halogens is 1. The van der Waals surface area contributed by atoms with Gasteiger partial charge in [-0.25, -0.2) is 4.99 Å². The van der Waals surface area contributed by atoms with E-state index in [0.29, 0.717) is 13.2 Å². The Morgan fingerprint density at radius 3 is 2.33 bits per heavy atom. The Kier molecular flexibility index (Phi) is 3.92. The van der Waals surface area contributed by atoms with Crippen LogP contribution >= 0.6 is 15.9 Å². The molecule has 1 saturated carbocycles. The van der Waals surface area contributed by atoms with Crippen LogP contribution in [0.5, 0.6) is 0 Å². The first-order chi connectivity index (χ1) is 11.5. The molecule has 1 aromatic rings. The van der Waals surface area contributed by atoms with E-state index in [4.69, 9.17) is 15.2 Å². The van der Waals surface area contributed by atoms with Gasteiger partial charge in [0.1, 0.15) is 0 Å². The third-order valence-electron chi connectivity index (χ3n) is 4.91. The summed E-state index contributed by atoms with van der Waals surface area (Å²) in [5.41, 5.74) is 4.58. The van der Waals surface area contributed by atoms with Gasteiger partial charge in [-0.1, -0.05) is 34.1 Å². The Labute approximate surface area is 149 Å². The molecule has 24 heavy (non-hydrogen) atoms. The molecule has 0 amide bonds. The van der Waals surface area contributed by atoms with Crippen LogP contribution in [0, 0.1) is 33.5 Å². The van der Waals surface area contributed by atoms with Crippen LogP contribution < -0.4 is 10.7 Å². The summed E-state index contributed by atoms with van der Waals surface area (Å²) >= 11 is 3.52. The van der Waals surface area contributed by atoms with Crippen molar-refractivity contribution in [3.63, 3.8) is 0 Å². The molecule has 1 aliphatic heterocycles. The largest absolute Gasteiger partial charge is 0.343 e. The van der Waals surface area contributed by atoms with Crippen LogP contribution in [0.1, 0.15) is 25.3 Å². The van der Waals surface area contributed by atoms with Crippen LogP contribution in [0.25, 0.3) is 0 Å². The van der Waals surface area contributed by atoms with E-state index >= 15 is 0 Å².